The molecule has 128 valence electrons. The Kier molecular flexibility index (Phi) is 6.18. The van der Waals surface area contributed by atoms with Gasteiger partial charge in [-0.15, -0.1) is 12.4 Å². The largest absolute Gasteiger partial charge is 0.481 e. The molecule has 1 aromatic carbocycles. The zero-order valence-corrected chi connectivity index (χ0v) is 15.1. The van der Waals surface area contributed by atoms with E-state index in [9.17, 15) is 4.79 Å². The van der Waals surface area contributed by atoms with Crippen molar-refractivity contribution in [3.63, 3.8) is 0 Å². The third-order valence-electron chi connectivity index (χ3n) is 4.70. The molecule has 0 saturated carbocycles. The van der Waals surface area contributed by atoms with Gasteiger partial charge in [-0.25, -0.2) is 0 Å². The second-order valence-electron chi connectivity index (χ2n) is 6.29. The zero-order chi connectivity index (χ0) is 15.7. The molecule has 0 radical (unpaired) electrons. The van der Waals surface area contributed by atoms with Crippen LogP contribution in [0.4, 0.5) is 0 Å². The van der Waals surface area contributed by atoms with Crippen molar-refractivity contribution < 1.29 is 9.53 Å². The number of benzene rings is 1. The number of nitrogens with zero attached hydrogens (tertiary/aromatic N) is 1. The summed E-state index contributed by atoms with van der Waals surface area (Å²) in [5.41, 5.74) is 0.956. The summed E-state index contributed by atoms with van der Waals surface area (Å²) in [5.74, 6) is 0.798. The van der Waals surface area contributed by atoms with Crippen molar-refractivity contribution in [2.24, 2.45) is 0 Å². The fraction of sp³-hybridized carbons (Fsp3) is 0.588. The van der Waals surface area contributed by atoms with Crippen LogP contribution in [0.2, 0.25) is 5.02 Å². The van der Waals surface area contributed by atoms with E-state index < -0.39 is 6.10 Å². The number of amides is 1. The Morgan fingerprint density at radius 2 is 2.09 bits per heavy atom. The minimum atomic E-state index is -0.471. The highest BCUT2D eigenvalue weighted by atomic mass is 35.5. The van der Waals surface area contributed by atoms with Gasteiger partial charge < -0.3 is 15.0 Å². The van der Waals surface area contributed by atoms with Crippen LogP contribution in [0.25, 0.3) is 0 Å². The van der Waals surface area contributed by atoms with Crippen LogP contribution in [-0.4, -0.2) is 42.1 Å². The van der Waals surface area contributed by atoms with Crippen LogP contribution in [0.1, 0.15) is 31.7 Å². The predicted octanol–water partition coefficient (Wildman–Crippen LogP) is 3.19. The maximum Gasteiger partial charge on any atom is 0.263 e. The van der Waals surface area contributed by atoms with Crippen LogP contribution in [0, 0.1) is 6.92 Å². The Labute approximate surface area is 148 Å². The van der Waals surface area contributed by atoms with Crippen LogP contribution in [-0.2, 0) is 4.79 Å². The number of carbonyl (C=O) groups excluding carboxylic acids is 1. The van der Waals surface area contributed by atoms with E-state index in [0.717, 1.165) is 37.9 Å². The third kappa shape index (κ3) is 3.93. The fourth-order valence-corrected chi connectivity index (χ4v) is 3.61. The minimum absolute atomic E-state index is 0. The van der Waals surface area contributed by atoms with Gasteiger partial charge in [-0.1, -0.05) is 11.6 Å². The molecule has 6 heteroatoms. The van der Waals surface area contributed by atoms with Gasteiger partial charge in [0.25, 0.3) is 5.91 Å². The molecule has 0 aliphatic carbocycles. The standard InChI is InChI=1S/C17H23ClN2O2.ClH/c1-11-9-15(5-6-16(11)18)22-12(2)17(21)20-13-3-4-14(20)10-19-8-7-13;/h5-6,9,12-14,19H,3-4,7-8,10H2,1-2H3;1H. The molecule has 2 fully saturated rings. The summed E-state index contributed by atoms with van der Waals surface area (Å²) in [6.07, 6.45) is 2.78. The topological polar surface area (TPSA) is 41.6 Å². The van der Waals surface area contributed by atoms with Crippen molar-refractivity contribution in [3.05, 3.63) is 28.8 Å². The Morgan fingerprint density at radius 1 is 1.35 bits per heavy atom. The Balaban J connectivity index is 0.00000192. The summed E-state index contributed by atoms with van der Waals surface area (Å²) in [6, 6.07) is 6.19. The maximum absolute atomic E-state index is 12.8. The molecule has 2 bridgehead atoms. The smallest absolute Gasteiger partial charge is 0.263 e. The summed E-state index contributed by atoms with van der Waals surface area (Å²) >= 11 is 6.03. The first kappa shape index (κ1) is 18.4. The molecule has 23 heavy (non-hydrogen) atoms. The van der Waals surface area contributed by atoms with E-state index >= 15 is 0 Å². The molecule has 1 N–H and O–H groups in total. The lowest BCUT2D eigenvalue weighted by molar-refractivity contribution is -0.140. The lowest BCUT2D eigenvalue weighted by Crippen LogP contribution is -2.48. The molecular weight excluding hydrogens is 335 g/mol. The van der Waals surface area contributed by atoms with Gasteiger partial charge in [-0.05, 0) is 63.4 Å². The van der Waals surface area contributed by atoms with E-state index in [1.165, 1.54) is 0 Å². The number of aryl methyl sites for hydroxylation is 1. The zero-order valence-electron chi connectivity index (χ0n) is 13.5. The van der Waals surface area contributed by atoms with Crippen molar-refractivity contribution in [1.82, 2.24) is 10.2 Å². The molecule has 2 saturated heterocycles. The number of rotatable bonds is 3. The monoisotopic (exact) mass is 358 g/mol. The van der Waals surface area contributed by atoms with Gasteiger partial charge in [0.05, 0.1) is 0 Å². The fourth-order valence-electron chi connectivity index (χ4n) is 3.50. The number of hydrogen-bond donors (Lipinski definition) is 1. The van der Waals surface area contributed by atoms with Gasteiger partial charge in [-0.3, -0.25) is 4.79 Å². The lowest BCUT2D eigenvalue weighted by Gasteiger charge is -2.30. The first-order valence-electron chi connectivity index (χ1n) is 8.02. The van der Waals surface area contributed by atoms with Crippen molar-refractivity contribution in [3.8, 4) is 5.75 Å². The molecule has 2 aliphatic rings. The van der Waals surface area contributed by atoms with E-state index in [0.29, 0.717) is 22.9 Å². The number of fused-ring (bicyclic) bond motifs is 2. The van der Waals surface area contributed by atoms with Crippen molar-refractivity contribution in [2.75, 3.05) is 13.1 Å². The summed E-state index contributed by atoms with van der Waals surface area (Å²) in [4.78, 5) is 14.9. The quantitative estimate of drug-likeness (QED) is 0.901. The van der Waals surface area contributed by atoms with E-state index in [1.54, 1.807) is 0 Å². The van der Waals surface area contributed by atoms with Crippen molar-refractivity contribution in [1.29, 1.82) is 0 Å². The van der Waals surface area contributed by atoms with Gasteiger partial charge in [0.1, 0.15) is 5.75 Å². The van der Waals surface area contributed by atoms with Gasteiger partial charge in [0, 0.05) is 23.7 Å². The summed E-state index contributed by atoms with van der Waals surface area (Å²) in [6.45, 7) is 5.66. The number of nitrogens with one attached hydrogen (secondary N) is 1. The number of halogens is 2. The van der Waals surface area contributed by atoms with E-state index in [4.69, 9.17) is 16.3 Å². The van der Waals surface area contributed by atoms with Gasteiger partial charge in [0.15, 0.2) is 6.10 Å². The molecule has 1 amide bonds. The Bertz CT molecular complexity index is 554. The van der Waals surface area contributed by atoms with E-state index in [2.05, 4.69) is 10.2 Å². The van der Waals surface area contributed by atoms with Gasteiger partial charge >= 0.3 is 0 Å². The Morgan fingerprint density at radius 3 is 2.83 bits per heavy atom. The minimum Gasteiger partial charge on any atom is -0.481 e. The summed E-state index contributed by atoms with van der Waals surface area (Å²) < 4.78 is 5.86. The van der Waals surface area contributed by atoms with E-state index in [1.807, 2.05) is 32.0 Å². The van der Waals surface area contributed by atoms with Crippen LogP contribution >= 0.6 is 24.0 Å². The average Bonchev–Trinajstić information content (AvgIpc) is 2.75. The lowest BCUT2D eigenvalue weighted by atomic mass is 10.1. The SMILES string of the molecule is Cc1cc(OC(C)C(=O)N2C3CCNCC2CC3)ccc1Cl.Cl. The average molecular weight is 359 g/mol. The first-order valence-corrected chi connectivity index (χ1v) is 8.40. The highest BCUT2D eigenvalue weighted by molar-refractivity contribution is 6.31. The number of hydrogen-bond acceptors (Lipinski definition) is 3. The molecule has 3 rings (SSSR count). The molecule has 2 heterocycles. The Hall–Kier alpha value is -0.970. The van der Waals surface area contributed by atoms with Crippen molar-refractivity contribution in [2.45, 2.75) is 51.3 Å². The molecule has 3 unspecified atom stereocenters. The van der Waals surface area contributed by atoms with E-state index in [-0.39, 0.29) is 18.3 Å². The molecule has 0 spiro atoms. The molecular formula is C17H24Cl2N2O2. The molecule has 0 aromatic heterocycles. The normalized spacial score (nSPS) is 24.6. The van der Waals surface area contributed by atoms with Crippen LogP contribution < -0.4 is 10.1 Å². The third-order valence-corrected chi connectivity index (χ3v) is 5.12. The second-order valence-corrected chi connectivity index (χ2v) is 6.70. The van der Waals surface area contributed by atoms with Crippen LogP contribution in [0.5, 0.6) is 5.75 Å². The van der Waals surface area contributed by atoms with Gasteiger partial charge in [-0.2, -0.15) is 0 Å². The summed E-state index contributed by atoms with van der Waals surface area (Å²) in [7, 11) is 0. The van der Waals surface area contributed by atoms with Crippen LogP contribution in [0.15, 0.2) is 18.2 Å². The van der Waals surface area contributed by atoms with Crippen LogP contribution in [0.3, 0.4) is 0 Å². The number of ether oxygens (including phenoxy) is 1. The first-order chi connectivity index (χ1) is 10.6. The highest BCUT2D eigenvalue weighted by Crippen LogP contribution is 2.29. The van der Waals surface area contributed by atoms with Gasteiger partial charge in [0.2, 0.25) is 0 Å². The molecule has 4 nitrogen and oxygen atoms in total. The van der Waals surface area contributed by atoms with Crippen molar-refractivity contribution >= 4 is 29.9 Å². The predicted molar refractivity (Wildman–Crippen MR) is 94.7 cm³/mol. The number of carbonyl (C=O) groups is 1. The second kappa shape index (κ2) is 7.73. The molecule has 2 aliphatic heterocycles. The molecule has 1 aromatic rings. The summed E-state index contributed by atoms with van der Waals surface area (Å²) in [5, 5.41) is 4.13. The highest BCUT2D eigenvalue weighted by Gasteiger charge is 2.40. The maximum atomic E-state index is 12.8. The molecule has 3 atom stereocenters.